The molecule has 0 N–H and O–H groups in total. The highest BCUT2D eigenvalue weighted by molar-refractivity contribution is 6.83. The Bertz CT molecular complexity index is 277. The van der Waals surface area contributed by atoms with Crippen LogP contribution in [0.2, 0.25) is 19.6 Å². The molecule has 0 aliphatic heterocycles. The predicted molar refractivity (Wildman–Crippen MR) is 67.3 cm³/mol. The van der Waals surface area contributed by atoms with E-state index in [0.29, 0.717) is 11.7 Å². The van der Waals surface area contributed by atoms with Crippen LogP contribution in [0.1, 0.15) is 38.5 Å². The minimum Gasteiger partial charge on any atom is -0.300 e. The van der Waals surface area contributed by atoms with Crippen molar-refractivity contribution in [1.29, 1.82) is 0 Å². The van der Waals surface area contributed by atoms with Crippen molar-refractivity contribution in [3.05, 3.63) is 0 Å². The van der Waals surface area contributed by atoms with Crippen LogP contribution >= 0.6 is 0 Å². The normalized spacial score (nSPS) is 22.1. The van der Waals surface area contributed by atoms with Crippen LogP contribution < -0.4 is 0 Å². The van der Waals surface area contributed by atoms with Gasteiger partial charge >= 0.3 is 0 Å². The van der Waals surface area contributed by atoms with Crippen LogP contribution in [-0.2, 0) is 4.79 Å². The Hall–Kier alpha value is -0.553. The van der Waals surface area contributed by atoms with Gasteiger partial charge in [0.25, 0.3) is 0 Å². The predicted octanol–water partition coefficient (Wildman–Crippen LogP) is 3.41. The molecule has 1 nitrogen and oxygen atoms in total. The first-order valence-corrected chi connectivity index (χ1v) is 9.49. The van der Waals surface area contributed by atoms with E-state index in [2.05, 4.69) is 31.1 Å². The van der Waals surface area contributed by atoms with Crippen LogP contribution in [0.15, 0.2) is 0 Å². The van der Waals surface area contributed by atoms with Crippen LogP contribution in [0.5, 0.6) is 0 Å². The highest BCUT2D eigenvalue weighted by atomic mass is 28.3. The Balaban J connectivity index is 2.24. The highest BCUT2D eigenvalue weighted by Crippen LogP contribution is 2.24. The van der Waals surface area contributed by atoms with E-state index in [0.717, 1.165) is 32.1 Å². The van der Waals surface area contributed by atoms with Gasteiger partial charge in [0.2, 0.25) is 0 Å². The Labute approximate surface area is 94.7 Å². The Morgan fingerprint density at radius 2 is 2.13 bits per heavy atom. The molecular formula is C13H22OSi. The van der Waals surface area contributed by atoms with Crippen molar-refractivity contribution in [1.82, 2.24) is 0 Å². The van der Waals surface area contributed by atoms with Gasteiger partial charge in [-0.3, -0.25) is 4.79 Å². The maximum Gasteiger partial charge on any atom is 0.133 e. The monoisotopic (exact) mass is 222 g/mol. The van der Waals surface area contributed by atoms with E-state index in [1.165, 1.54) is 6.42 Å². The summed E-state index contributed by atoms with van der Waals surface area (Å²) in [6, 6.07) is 0. The van der Waals surface area contributed by atoms with Crippen LogP contribution in [0, 0.1) is 17.4 Å². The third kappa shape index (κ3) is 5.79. The first-order valence-electron chi connectivity index (χ1n) is 5.99. The van der Waals surface area contributed by atoms with E-state index in [4.69, 9.17) is 0 Å². The van der Waals surface area contributed by atoms with E-state index in [-0.39, 0.29) is 0 Å². The quantitative estimate of drug-likeness (QED) is 0.517. The topological polar surface area (TPSA) is 17.1 Å². The Morgan fingerprint density at radius 3 is 2.73 bits per heavy atom. The lowest BCUT2D eigenvalue weighted by atomic mass is 9.85. The molecule has 0 bridgehead atoms. The zero-order valence-electron chi connectivity index (χ0n) is 10.2. The van der Waals surface area contributed by atoms with Crippen molar-refractivity contribution < 1.29 is 4.79 Å². The second kappa shape index (κ2) is 5.51. The minimum atomic E-state index is -1.19. The molecule has 1 unspecified atom stereocenters. The summed E-state index contributed by atoms with van der Waals surface area (Å²) in [5.41, 5.74) is 3.38. The number of carbonyl (C=O) groups is 1. The maximum atomic E-state index is 11.2. The summed E-state index contributed by atoms with van der Waals surface area (Å²) in [7, 11) is -1.19. The smallest absolute Gasteiger partial charge is 0.133 e. The molecule has 1 rings (SSSR count). The van der Waals surface area contributed by atoms with Gasteiger partial charge in [-0.25, -0.2) is 0 Å². The lowest BCUT2D eigenvalue weighted by molar-refractivity contribution is -0.121. The van der Waals surface area contributed by atoms with Gasteiger partial charge in [-0.1, -0.05) is 19.6 Å². The second-order valence-electron chi connectivity index (χ2n) is 5.59. The van der Waals surface area contributed by atoms with Gasteiger partial charge in [0, 0.05) is 19.3 Å². The molecule has 1 saturated carbocycles. The largest absolute Gasteiger partial charge is 0.300 e. The van der Waals surface area contributed by atoms with Crippen LogP contribution in [0.3, 0.4) is 0 Å². The third-order valence-corrected chi connectivity index (χ3v) is 3.65. The summed E-state index contributed by atoms with van der Waals surface area (Å²) in [4.78, 5) is 11.2. The lowest BCUT2D eigenvalue weighted by Gasteiger charge is -2.19. The molecule has 1 aliphatic rings. The molecule has 0 aromatic heterocycles. The fourth-order valence-electron chi connectivity index (χ4n) is 1.96. The first-order chi connectivity index (χ1) is 6.97. The molecule has 1 aliphatic carbocycles. The van der Waals surface area contributed by atoms with Gasteiger partial charge in [-0.2, -0.15) is 0 Å². The van der Waals surface area contributed by atoms with E-state index >= 15 is 0 Å². The van der Waals surface area contributed by atoms with Crippen molar-refractivity contribution in [2.24, 2.45) is 5.92 Å². The van der Waals surface area contributed by atoms with Crippen molar-refractivity contribution in [3.8, 4) is 11.5 Å². The molecular weight excluding hydrogens is 200 g/mol. The van der Waals surface area contributed by atoms with Gasteiger partial charge in [0.15, 0.2) is 0 Å². The third-order valence-electron chi connectivity index (χ3n) is 2.73. The summed E-state index contributed by atoms with van der Waals surface area (Å²) >= 11 is 0. The van der Waals surface area contributed by atoms with E-state index in [1.54, 1.807) is 0 Å². The lowest BCUT2D eigenvalue weighted by Crippen LogP contribution is -2.16. The zero-order valence-corrected chi connectivity index (χ0v) is 11.2. The van der Waals surface area contributed by atoms with Gasteiger partial charge in [0.1, 0.15) is 13.9 Å². The summed E-state index contributed by atoms with van der Waals surface area (Å²) in [6.45, 7) is 6.80. The SMILES string of the molecule is C[Si](C)(C)C#CCCC1CCCC(=O)C1. The fourth-order valence-corrected chi connectivity index (χ4v) is 2.62. The van der Waals surface area contributed by atoms with E-state index < -0.39 is 8.07 Å². The molecule has 15 heavy (non-hydrogen) atoms. The molecule has 0 spiro atoms. The molecule has 0 heterocycles. The Kier molecular flexibility index (Phi) is 4.60. The number of ketones is 1. The van der Waals surface area contributed by atoms with Crippen molar-refractivity contribution in [3.63, 3.8) is 0 Å². The van der Waals surface area contributed by atoms with Crippen molar-refractivity contribution in [2.75, 3.05) is 0 Å². The van der Waals surface area contributed by atoms with E-state index in [1.807, 2.05) is 0 Å². The maximum absolute atomic E-state index is 11.2. The van der Waals surface area contributed by atoms with Crippen molar-refractivity contribution >= 4 is 13.9 Å². The first kappa shape index (κ1) is 12.5. The number of rotatable bonds is 2. The summed E-state index contributed by atoms with van der Waals surface area (Å²) in [5.74, 6) is 4.38. The molecule has 2 heteroatoms. The number of hydrogen-bond acceptors (Lipinski definition) is 1. The fraction of sp³-hybridized carbons (Fsp3) is 0.769. The summed E-state index contributed by atoms with van der Waals surface area (Å²) < 4.78 is 0. The van der Waals surface area contributed by atoms with Gasteiger partial charge in [0.05, 0.1) is 0 Å². The molecule has 0 saturated heterocycles. The second-order valence-corrected chi connectivity index (χ2v) is 10.3. The van der Waals surface area contributed by atoms with Gasteiger partial charge in [-0.05, 0) is 25.2 Å². The highest BCUT2D eigenvalue weighted by Gasteiger charge is 2.18. The molecule has 1 atom stereocenters. The molecule has 84 valence electrons. The molecule has 0 aromatic carbocycles. The van der Waals surface area contributed by atoms with Crippen molar-refractivity contribution in [2.45, 2.75) is 58.2 Å². The number of hydrogen-bond donors (Lipinski definition) is 0. The molecule has 0 aromatic rings. The standard InChI is InChI=1S/C13H22OSi/c1-15(2,3)10-5-4-7-12-8-6-9-13(14)11-12/h12H,4,6-9,11H2,1-3H3. The number of Topliss-reactive ketones (excluding diaryl/α,β-unsaturated/α-hetero) is 1. The Morgan fingerprint density at radius 1 is 1.40 bits per heavy atom. The van der Waals surface area contributed by atoms with Gasteiger partial charge < -0.3 is 0 Å². The average molecular weight is 222 g/mol. The summed E-state index contributed by atoms with van der Waals surface area (Å²) in [6.07, 6.45) is 6.09. The van der Waals surface area contributed by atoms with Gasteiger partial charge in [-0.15, -0.1) is 11.5 Å². The average Bonchev–Trinajstić information content (AvgIpc) is 2.11. The van der Waals surface area contributed by atoms with Crippen LogP contribution in [0.4, 0.5) is 0 Å². The van der Waals surface area contributed by atoms with Crippen LogP contribution in [0.25, 0.3) is 0 Å². The number of carbonyl (C=O) groups excluding carboxylic acids is 1. The molecule has 0 amide bonds. The minimum absolute atomic E-state index is 0.462. The van der Waals surface area contributed by atoms with E-state index in [9.17, 15) is 4.79 Å². The zero-order chi connectivity index (χ0) is 11.3. The molecule has 1 fully saturated rings. The van der Waals surface area contributed by atoms with Crippen LogP contribution in [-0.4, -0.2) is 13.9 Å². The summed E-state index contributed by atoms with van der Waals surface area (Å²) in [5, 5.41) is 0. The molecule has 0 radical (unpaired) electrons.